The Morgan fingerprint density at radius 2 is 2.22 bits per heavy atom. The Morgan fingerprint density at radius 1 is 1.61 bits per heavy atom. The van der Waals surface area contributed by atoms with E-state index in [1.54, 1.807) is 0 Å². The zero-order valence-corrected chi connectivity index (χ0v) is 11.4. The fourth-order valence-electron chi connectivity index (χ4n) is 1.35. The molecule has 0 aromatic rings. The number of amides is 1. The molecule has 1 unspecified atom stereocenters. The molecule has 1 amide bonds. The summed E-state index contributed by atoms with van der Waals surface area (Å²) in [4.78, 5) is 11.0. The number of rotatable bonds is 9. The van der Waals surface area contributed by atoms with Crippen LogP contribution in [0.15, 0.2) is 12.7 Å². The van der Waals surface area contributed by atoms with Gasteiger partial charge < -0.3 is 9.84 Å². The molecule has 2 N–H and O–H groups in total. The van der Waals surface area contributed by atoms with Crippen molar-refractivity contribution in [2.45, 2.75) is 25.8 Å². The van der Waals surface area contributed by atoms with Crippen molar-refractivity contribution in [3.05, 3.63) is 12.7 Å². The van der Waals surface area contributed by atoms with Gasteiger partial charge in [0.1, 0.15) is 0 Å². The van der Waals surface area contributed by atoms with Gasteiger partial charge in [-0.15, -0.1) is 6.58 Å². The van der Waals surface area contributed by atoms with E-state index in [0.29, 0.717) is 17.3 Å². The van der Waals surface area contributed by atoms with Crippen molar-refractivity contribution in [3.8, 4) is 0 Å². The van der Waals surface area contributed by atoms with Gasteiger partial charge in [0.15, 0.2) is 0 Å². The lowest BCUT2D eigenvalue weighted by Crippen LogP contribution is -2.48. The van der Waals surface area contributed by atoms with Crippen LogP contribution in [0.2, 0.25) is 0 Å². The first-order valence-electron chi connectivity index (χ1n) is 5.48. The topological polar surface area (TPSA) is 95.9 Å². The number of carboxylic acid groups (broad SMARTS) is 1. The third-order valence-corrected chi connectivity index (χ3v) is 3.77. The number of hydrogen-bond acceptors (Lipinski definition) is 4. The number of nitrogens with zero attached hydrogens (tertiary/aromatic N) is 1. The highest BCUT2D eigenvalue weighted by Crippen LogP contribution is 2.10. The van der Waals surface area contributed by atoms with Crippen LogP contribution >= 0.6 is 0 Å². The van der Waals surface area contributed by atoms with E-state index in [4.69, 9.17) is 9.84 Å². The first kappa shape index (κ1) is 16.9. The van der Waals surface area contributed by atoms with Gasteiger partial charge in [0.25, 0.3) is 0 Å². The predicted molar refractivity (Wildman–Crippen MR) is 67.6 cm³/mol. The average molecular weight is 280 g/mol. The van der Waals surface area contributed by atoms with Gasteiger partial charge in [-0.25, -0.2) is 4.79 Å². The third kappa shape index (κ3) is 5.48. The maximum Gasteiger partial charge on any atom is 0.422 e. The number of carbonyl (C=O) groups is 1. The van der Waals surface area contributed by atoms with Crippen LogP contribution in [-0.4, -0.2) is 50.2 Å². The van der Waals surface area contributed by atoms with Crippen molar-refractivity contribution in [2.24, 2.45) is 0 Å². The van der Waals surface area contributed by atoms with Crippen LogP contribution in [0.3, 0.4) is 0 Å². The normalized spacial score (nSPS) is 13.0. The molecule has 1 atom stereocenters. The fraction of sp³-hybridized carbons (Fsp3) is 0.700. The van der Waals surface area contributed by atoms with Gasteiger partial charge in [-0.3, -0.25) is 0 Å². The highest BCUT2D eigenvalue weighted by Gasteiger charge is 2.30. The summed E-state index contributed by atoms with van der Waals surface area (Å²) in [7, 11) is -2.54. The molecule has 0 radical (unpaired) electrons. The summed E-state index contributed by atoms with van der Waals surface area (Å²) in [6.45, 7) is 5.49. The first-order chi connectivity index (χ1) is 8.36. The SMILES string of the molecule is C=CCC(C)N(C(=O)O)S(=O)(=O)NCCCOC. The minimum Gasteiger partial charge on any atom is -0.464 e. The molecule has 0 heterocycles. The van der Waals surface area contributed by atoms with Gasteiger partial charge >= 0.3 is 16.3 Å². The number of methoxy groups -OCH3 is 1. The lowest BCUT2D eigenvalue weighted by atomic mass is 10.2. The molecule has 8 heteroatoms. The molecular formula is C10H20N2O5S. The number of hydrogen-bond donors (Lipinski definition) is 2. The quantitative estimate of drug-likeness (QED) is 0.481. The third-order valence-electron chi connectivity index (χ3n) is 2.17. The second kappa shape index (κ2) is 8.06. The van der Waals surface area contributed by atoms with E-state index in [9.17, 15) is 13.2 Å². The van der Waals surface area contributed by atoms with Gasteiger partial charge in [0.2, 0.25) is 0 Å². The maximum absolute atomic E-state index is 11.8. The number of nitrogens with one attached hydrogen (secondary N) is 1. The summed E-state index contributed by atoms with van der Waals surface area (Å²) in [5.74, 6) is 0. The van der Waals surface area contributed by atoms with E-state index in [1.165, 1.54) is 20.1 Å². The lowest BCUT2D eigenvalue weighted by molar-refractivity contribution is 0.162. The van der Waals surface area contributed by atoms with Crippen molar-refractivity contribution in [1.29, 1.82) is 0 Å². The monoisotopic (exact) mass is 280 g/mol. The zero-order valence-electron chi connectivity index (χ0n) is 10.6. The first-order valence-corrected chi connectivity index (χ1v) is 6.92. The second-order valence-electron chi connectivity index (χ2n) is 3.70. The van der Waals surface area contributed by atoms with Gasteiger partial charge in [-0.2, -0.15) is 17.4 Å². The Labute approximate surface area is 108 Å². The largest absolute Gasteiger partial charge is 0.464 e. The Balaban J connectivity index is 4.67. The molecule has 0 aliphatic rings. The van der Waals surface area contributed by atoms with Crippen molar-refractivity contribution in [1.82, 2.24) is 9.03 Å². The molecule has 0 aromatic carbocycles. The van der Waals surface area contributed by atoms with E-state index in [0.717, 1.165) is 0 Å². The van der Waals surface area contributed by atoms with Crippen LogP contribution in [0.1, 0.15) is 19.8 Å². The van der Waals surface area contributed by atoms with Gasteiger partial charge in [0, 0.05) is 20.3 Å². The molecule has 0 bridgehead atoms. The smallest absolute Gasteiger partial charge is 0.422 e. The van der Waals surface area contributed by atoms with E-state index in [1.807, 2.05) is 0 Å². The molecule has 0 fully saturated rings. The van der Waals surface area contributed by atoms with E-state index >= 15 is 0 Å². The van der Waals surface area contributed by atoms with Crippen LogP contribution < -0.4 is 4.72 Å². The zero-order chi connectivity index (χ0) is 14.2. The van der Waals surface area contributed by atoms with Crippen LogP contribution in [-0.2, 0) is 14.9 Å². The molecule has 0 saturated carbocycles. The highest BCUT2D eigenvalue weighted by molar-refractivity contribution is 7.87. The lowest BCUT2D eigenvalue weighted by Gasteiger charge is -2.25. The van der Waals surface area contributed by atoms with Crippen LogP contribution in [0.5, 0.6) is 0 Å². The van der Waals surface area contributed by atoms with Crippen molar-refractivity contribution < 1.29 is 23.1 Å². The Bertz CT molecular complexity index is 368. The molecule has 0 saturated heterocycles. The molecule has 0 aromatic heterocycles. The summed E-state index contributed by atoms with van der Waals surface area (Å²) in [6.07, 6.45) is 0.689. The standard InChI is InChI=1S/C10H20N2O5S/c1-4-6-9(2)12(10(13)14)18(15,16)11-7-5-8-17-3/h4,9,11H,1,5-8H2,2-3H3,(H,13,14). The van der Waals surface area contributed by atoms with Crippen LogP contribution in [0.25, 0.3) is 0 Å². The summed E-state index contributed by atoms with van der Waals surface area (Å²) >= 11 is 0. The summed E-state index contributed by atoms with van der Waals surface area (Å²) < 4.78 is 31.0. The molecule has 0 aliphatic heterocycles. The van der Waals surface area contributed by atoms with E-state index in [2.05, 4.69) is 11.3 Å². The van der Waals surface area contributed by atoms with Gasteiger partial charge in [0.05, 0.1) is 6.04 Å². The Kier molecular flexibility index (Phi) is 7.56. The van der Waals surface area contributed by atoms with E-state index in [-0.39, 0.29) is 13.0 Å². The summed E-state index contributed by atoms with van der Waals surface area (Å²) in [5, 5.41) is 8.96. The summed E-state index contributed by atoms with van der Waals surface area (Å²) in [5.41, 5.74) is 0. The molecule has 7 nitrogen and oxygen atoms in total. The molecule has 0 rings (SSSR count). The molecule has 0 aliphatic carbocycles. The minimum atomic E-state index is -4.04. The van der Waals surface area contributed by atoms with Crippen LogP contribution in [0.4, 0.5) is 4.79 Å². The average Bonchev–Trinajstić information content (AvgIpc) is 2.23. The molecule has 18 heavy (non-hydrogen) atoms. The Morgan fingerprint density at radius 3 is 2.67 bits per heavy atom. The highest BCUT2D eigenvalue weighted by atomic mass is 32.2. The minimum absolute atomic E-state index is 0.126. The fourth-order valence-corrected chi connectivity index (χ4v) is 2.66. The van der Waals surface area contributed by atoms with Crippen LogP contribution in [0, 0.1) is 0 Å². The maximum atomic E-state index is 11.8. The van der Waals surface area contributed by atoms with Crippen molar-refractivity contribution in [2.75, 3.05) is 20.3 Å². The van der Waals surface area contributed by atoms with Gasteiger partial charge in [-0.1, -0.05) is 6.08 Å². The van der Waals surface area contributed by atoms with Crippen molar-refractivity contribution >= 4 is 16.3 Å². The second-order valence-corrected chi connectivity index (χ2v) is 5.33. The van der Waals surface area contributed by atoms with Gasteiger partial charge in [-0.05, 0) is 19.8 Å². The molecular weight excluding hydrogens is 260 g/mol. The van der Waals surface area contributed by atoms with Crippen molar-refractivity contribution in [3.63, 3.8) is 0 Å². The molecule has 0 spiro atoms. The molecule has 106 valence electrons. The number of ether oxygens (including phenoxy) is 1. The Hall–Kier alpha value is -1.12. The summed E-state index contributed by atoms with van der Waals surface area (Å²) in [6, 6.07) is -0.695. The van der Waals surface area contributed by atoms with E-state index < -0.39 is 22.3 Å². The predicted octanol–water partition coefficient (Wildman–Crippen LogP) is 0.802.